The zero-order valence-corrected chi connectivity index (χ0v) is 17.3. The largest absolute Gasteiger partial charge is 0.492 e. The lowest BCUT2D eigenvalue weighted by Crippen LogP contribution is -2.37. The molecule has 1 N–H and O–H groups in total. The monoisotopic (exact) mass is 403 g/mol. The second-order valence-corrected chi connectivity index (χ2v) is 5.76. The Balaban J connectivity index is 0.00000123. The fourth-order valence-corrected chi connectivity index (χ4v) is 2.44. The lowest BCUT2D eigenvalue weighted by Gasteiger charge is -2.26. The summed E-state index contributed by atoms with van der Waals surface area (Å²) in [6.45, 7) is 8.49. The van der Waals surface area contributed by atoms with E-state index in [9.17, 15) is 14.9 Å². The van der Waals surface area contributed by atoms with Gasteiger partial charge in [-0.15, -0.1) is 0 Å². The third-order valence-corrected chi connectivity index (χ3v) is 3.73. The molecule has 1 aromatic rings. The molecule has 8 nitrogen and oxygen atoms in total. The van der Waals surface area contributed by atoms with E-state index in [1.165, 1.54) is 6.07 Å². The fraction of sp³-hybridized carbons (Fsp3) is 0.611. The molecule has 1 aliphatic rings. The number of ether oxygens (including phenoxy) is 2. The molecule has 9 heteroatoms. The Labute approximate surface area is 165 Å². The molecule has 0 amide bonds. The maximum atomic E-state index is 10.9. The molecule has 154 valence electrons. The van der Waals surface area contributed by atoms with Crippen molar-refractivity contribution in [2.75, 3.05) is 53.6 Å². The van der Waals surface area contributed by atoms with Crippen LogP contribution in [0.4, 0.5) is 5.69 Å². The molecule has 0 aliphatic carbocycles. The number of carbonyl (C=O) groups excluding carboxylic acids is 1. The van der Waals surface area contributed by atoms with Crippen LogP contribution in [0.1, 0.15) is 30.6 Å². The smallest absolute Gasteiger partial charge is 0.292 e. The van der Waals surface area contributed by atoms with Crippen LogP contribution < -0.4 is 10.1 Å². The molecule has 0 aromatic heterocycles. The molecule has 27 heavy (non-hydrogen) atoms. The first-order valence-electron chi connectivity index (χ1n) is 8.98. The summed E-state index contributed by atoms with van der Waals surface area (Å²) in [5.74, 6) is 0.167. The van der Waals surface area contributed by atoms with Crippen molar-refractivity contribution in [1.29, 1.82) is 0 Å². The number of halogens is 1. The molecule has 1 aliphatic heterocycles. The lowest BCUT2D eigenvalue weighted by molar-refractivity contribution is -0.384. The predicted octanol–water partition coefficient (Wildman–Crippen LogP) is 3.02. The first-order valence-corrected chi connectivity index (χ1v) is 9.35. The number of carbonyl (C=O) groups is 1. The molecule has 2 rings (SSSR count). The van der Waals surface area contributed by atoms with Gasteiger partial charge >= 0.3 is 0 Å². The van der Waals surface area contributed by atoms with Gasteiger partial charge in [0.2, 0.25) is 0 Å². The number of morpholine rings is 1. The number of rotatable bonds is 7. The van der Waals surface area contributed by atoms with Crippen LogP contribution in [0.5, 0.6) is 5.75 Å². The van der Waals surface area contributed by atoms with E-state index in [4.69, 9.17) is 21.1 Å². The topological polar surface area (TPSA) is 93.9 Å². The number of hydrogen-bond donors (Lipinski definition) is 1. The number of hydrogen-bond acceptors (Lipinski definition) is 7. The van der Waals surface area contributed by atoms with Crippen LogP contribution in [0.2, 0.25) is 5.02 Å². The van der Waals surface area contributed by atoms with Crippen molar-refractivity contribution in [3.63, 3.8) is 0 Å². The summed E-state index contributed by atoms with van der Waals surface area (Å²) in [7, 11) is 3.75. The third kappa shape index (κ3) is 9.67. The van der Waals surface area contributed by atoms with E-state index in [0.29, 0.717) is 12.9 Å². The molecule has 1 saturated heterocycles. The Morgan fingerprint density at radius 1 is 1.33 bits per heavy atom. The van der Waals surface area contributed by atoms with E-state index >= 15 is 0 Å². The van der Waals surface area contributed by atoms with Crippen molar-refractivity contribution < 1.29 is 19.2 Å². The molecule has 0 unspecified atom stereocenters. The Kier molecular flexibility index (Phi) is 14.3. The maximum absolute atomic E-state index is 10.9. The van der Waals surface area contributed by atoms with E-state index in [1.807, 2.05) is 27.9 Å². The van der Waals surface area contributed by atoms with Crippen molar-refractivity contribution in [3.05, 3.63) is 32.8 Å². The first kappa shape index (κ1) is 25.3. The minimum absolute atomic E-state index is 0.0815. The molecule has 0 atom stereocenters. The van der Waals surface area contributed by atoms with Crippen molar-refractivity contribution >= 4 is 23.6 Å². The summed E-state index contributed by atoms with van der Waals surface area (Å²) in [5.41, 5.74) is -0.159. The second kappa shape index (κ2) is 15.3. The highest BCUT2D eigenvalue weighted by Gasteiger charge is 2.19. The van der Waals surface area contributed by atoms with Crippen molar-refractivity contribution in [2.45, 2.75) is 20.3 Å². The van der Waals surface area contributed by atoms with Crippen LogP contribution in [0, 0.1) is 10.1 Å². The van der Waals surface area contributed by atoms with Crippen LogP contribution in [0.25, 0.3) is 0 Å². The lowest BCUT2D eigenvalue weighted by atomic mass is 10.2. The number of nitro groups is 1. The Morgan fingerprint density at radius 3 is 2.44 bits per heavy atom. The highest BCUT2D eigenvalue weighted by Crippen LogP contribution is 2.34. The van der Waals surface area contributed by atoms with Crippen LogP contribution in [0.3, 0.4) is 0 Å². The quantitative estimate of drug-likeness (QED) is 0.323. The van der Waals surface area contributed by atoms with E-state index in [-0.39, 0.29) is 22.0 Å². The van der Waals surface area contributed by atoms with Gasteiger partial charge in [-0.2, -0.15) is 0 Å². The number of nitrogens with one attached hydrogen (secondary N) is 1. The molecule has 1 heterocycles. The zero-order chi connectivity index (χ0) is 20.7. The van der Waals surface area contributed by atoms with Crippen LogP contribution in [-0.2, 0) is 4.74 Å². The summed E-state index contributed by atoms with van der Waals surface area (Å²) in [6, 6.07) is 2.55. The average molecular weight is 404 g/mol. The summed E-state index contributed by atoms with van der Waals surface area (Å²) in [6.07, 6.45) is 1.29. The van der Waals surface area contributed by atoms with E-state index < -0.39 is 4.92 Å². The summed E-state index contributed by atoms with van der Waals surface area (Å²) in [4.78, 5) is 23.4. The zero-order valence-electron chi connectivity index (χ0n) is 16.5. The van der Waals surface area contributed by atoms with Crippen molar-refractivity contribution in [1.82, 2.24) is 10.2 Å². The molecule has 1 fully saturated rings. The third-order valence-electron chi connectivity index (χ3n) is 3.36. The van der Waals surface area contributed by atoms with Crippen molar-refractivity contribution in [3.8, 4) is 5.75 Å². The van der Waals surface area contributed by atoms with Gasteiger partial charge in [0.05, 0.1) is 24.7 Å². The first-order chi connectivity index (χ1) is 13.0. The number of nitro benzene ring substituents is 1. The van der Waals surface area contributed by atoms with Gasteiger partial charge in [0, 0.05) is 31.3 Å². The van der Waals surface area contributed by atoms with Gasteiger partial charge in [-0.05, 0) is 26.6 Å². The van der Waals surface area contributed by atoms with E-state index in [1.54, 1.807) is 0 Å². The number of nitrogens with zero attached hydrogens (tertiary/aromatic N) is 2. The molecule has 0 spiro atoms. The molecule has 0 saturated carbocycles. The van der Waals surface area contributed by atoms with Crippen molar-refractivity contribution in [2.24, 2.45) is 0 Å². The Hall–Kier alpha value is -1.74. The molecular formula is C18H30ClN3O5. The van der Waals surface area contributed by atoms with Gasteiger partial charge in [-0.25, -0.2) is 0 Å². The predicted molar refractivity (Wildman–Crippen MR) is 107 cm³/mol. The minimum atomic E-state index is -0.629. The molecule has 1 aromatic carbocycles. The highest BCUT2D eigenvalue weighted by atomic mass is 35.5. The van der Waals surface area contributed by atoms with Crippen LogP contribution in [-0.4, -0.2) is 69.7 Å². The van der Waals surface area contributed by atoms with E-state index in [0.717, 1.165) is 45.3 Å². The Bertz CT molecular complexity index is 566. The van der Waals surface area contributed by atoms with Gasteiger partial charge in [0.25, 0.3) is 5.69 Å². The standard InChI is InChI=1S/C14H17ClN2O5.C2H7N.C2H6/c15-14-12(17(19)20)8-11(10-18)9-13(14)22-5-1-2-16-3-6-21-7-4-16;1-3-2;1-2/h8-10H,1-7H2;3H,1-2H3;1-2H3. The molecule has 0 radical (unpaired) electrons. The average Bonchev–Trinajstić information content (AvgIpc) is 2.69. The SMILES string of the molecule is CC.CNC.O=Cc1cc(OCCCN2CCOCC2)c(Cl)c([N+](=O)[O-])c1. The summed E-state index contributed by atoms with van der Waals surface area (Å²) in [5, 5.41) is 13.6. The normalized spacial score (nSPS) is 13.5. The minimum Gasteiger partial charge on any atom is -0.492 e. The second-order valence-electron chi connectivity index (χ2n) is 5.38. The highest BCUT2D eigenvalue weighted by molar-refractivity contribution is 6.34. The fourth-order valence-electron chi connectivity index (χ4n) is 2.20. The molecule has 0 bridgehead atoms. The summed E-state index contributed by atoms with van der Waals surface area (Å²) >= 11 is 5.95. The maximum Gasteiger partial charge on any atom is 0.292 e. The van der Waals surface area contributed by atoms with Crippen LogP contribution >= 0.6 is 11.6 Å². The van der Waals surface area contributed by atoms with Gasteiger partial charge < -0.3 is 14.8 Å². The molecular weight excluding hydrogens is 374 g/mol. The van der Waals surface area contributed by atoms with E-state index in [2.05, 4.69) is 10.2 Å². The number of aldehydes is 1. The van der Waals surface area contributed by atoms with Gasteiger partial charge in [-0.3, -0.25) is 19.8 Å². The van der Waals surface area contributed by atoms with Crippen LogP contribution in [0.15, 0.2) is 12.1 Å². The summed E-state index contributed by atoms with van der Waals surface area (Å²) < 4.78 is 10.8. The Morgan fingerprint density at radius 2 is 1.93 bits per heavy atom. The van der Waals surface area contributed by atoms with Gasteiger partial charge in [0.1, 0.15) is 12.0 Å². The van der Waals surface area contributed by atoms with Gasteiger partial charge in [-0.1, -0.05) is 25.4 Å². The van der Waals surface area contributed by atoms with Gasteiger partial charge in [0.15, 0.2) is 5.02 Å². The number of benzene rings is 1.